The van der Waals surface area contributed by atoms with Crippen LogP contribution in [0.5, 0.6) is 0 Å². The van der Waals surface area contributed by atoms with Crippen molar-refractivity contribution in [3.8, 4) is 0 Å². The van der Waals surface area contributed by atoms with E-state index >= 15 is 0 Å². The molecule has 1 aliphatic heterocycles. The highest BCUT2D eigenvalue weighted by atomic mass is 16.2. The zero-order valence-corrected chi connectivity index (χ0v) is 27.7. The Morgan fingerprint density at radius 3 is 2.26 bits per heavy atom. The first-order chi connectivity index (χ1) is 22.8. The van der Waals surface area contributed by atoms with Gasteiger partial charge in [0.05, 0.1) is 5.70 Å². The minimum Gasteiger partial charge on any atom is -0.378 e. The monoisotopic (exact) mass is 638 g/mol. The van der Waals surface area contributed by atoms with Gasteiger partial charge >= 0.3 is 0 Å². The predicted molar refractivity (Wildman–Crippen MR) is 182 cm³/mol. The molecular formula is C39H50N4O4. The number of allylic oxidation sites excluding steroid dienone is 1. The molecule has 0 spiro atoms. The molecule has 1 heterocycles. The number of carbonyl (C=O) groups is 4. The van der Waals surface area contributed by atoms with Crippen LogP contribution in [-0.4, -0.2) is 41.6 Å². The molecule has 3 amide bonds. The maximum atomic E-state index is 14.7. The SMILES string of the molecule is CC(CC(=O)N[C@@H](CC1CCCCC1)C(=O)NC1(C(=O)C(NCc2ccccc2)=C2CCC2)CC1[C@@H]1CCNC1=O)c1ccccc1. The third kappa shape index (κ3) is 7.79. The van der Waals surface area contributed by atoms with Gasteiger partial charge in [-0.25, -0.2) is 0 Å². The molecule has 3 aliphatic carbocycles. The van der Waals surface area contributed by atoms with Crippen LogP contribution in [0.4, 0.5) is 0 Å². The van der Waals surface area contributed by atoms with Gasteiger partial charge in [-0.2, -0.15) is 0 Å². The number of Topliss-reactive ketones (excluding diaryl/α,β-unsaturated/α-hetero) is 1. The van der Waals surface area contributed by atoms with Gasteiger partial charge in [0.25, 0.3) is 0 Å². The molecule has 4 fully saturated rings. The molecule has 250 valence electrons. The third-order valence-electron chi connectivity index (χ3n) is 11.0. The van der Waals surface area contributed by atoms with E-state index in [1.54, 1.807) is 0 Å². The fourth-order valence-corrected chi connectivity index (χ4v) is 7.94. The van der Waals surface area contributed by atoms with E-state index in [1.165, 1.54) is 6.42 Å². The van der Waals surface area contributed by atoms with Crippen LogP contribution in [0.25, 0.3) is 0 Å². The molecule has 8 heteroatoms. The van der Waals surface area contributed by atoms with Crippen molar-refractivity contribution in [3.05, 3.63) is 83.1 Å². The molecule has 8 nitrogen and oxygen atoms in total. The van der Waals surface area contributed by atoms with Crippen molar-refractivity contribution < 1.29 is 19.2 Å². The first kappa shape index (κ1) is 33.0. The van der Waals surface area contributed by atoms with Crippen molar-refractivity contribution in [1.29, 1.82) is 0 Å². The quantitative estimate of drug-likeness (QED) is 0.206. The summed E-state index contributed by atoms with van der Waals surface area (Å²) in [5, 5.41) is 12.7. The third-order valence-corrected chi connectivity index (χ3v) is 11.0. The Hall–Kier alpha value is -3.94. The zero-order valence-electron chi connectivity index (χ0n) is 27.7. The van der Waals surface area contributed by atoms with E-state index in [4.69, 9.17) is 0 Å². The average Bonchev–Trinajstić information content (AvgIpc) is 3.62. The number of amides is 3. The van der Waals surface area contributed by atoms with Crippen LogP contribution in [0, 0.1) is 17.8 Å². The Morgan fingerprint density at radius 2 is 1.62 bits per heavy atom. The summed E-state index contributed by atoms with van der Waals surface area (Å²) < 4.78 is 0. The van der Waals surface area contributed by atoms with Gasteiger partial charge in [0.2, 0.25) is 23.5 Å². The van der Waals surface area contributed by atoms with Crippen molar-refractivity contribution >= 4 is 23.5 Å². The molecule has 4 N–H and O–H groups in total. The Bertz CT molecular complexity index is 1460. The Labute approximate surface area is 278 Å². The molecule has 2 aromatic carbocycles. The molecule has 1 saturated heterocycles. The number of nitrogens with one attached hydrogen (secondary N) is 4. The molecule has 3 saturated carbocycles. The maximum absolute atomic E-state index is 14.7. The second-order valence-corrected chi connectivity index (χ2v) is 14.3. The molecule has 4 aliphatic rings. The van der Waals surface area contributed by atoms with Crippen LogP contribution in [0.15, 0.2) is 71.9 Å². The summed E-state index contributed by atoms with van der Waals surface area (Å²) in [6.07, 6.45) is 10.2. The number of hydrogen-bond donors (Lipinski definition) is 4. The fourth-order valence-electron chi connectivity index (χ4n) is 7.94. The minimum absolute atomic E-state index is 0.00329. The van der Waals surface area contributed by atoms with Gasteiger partial charge in [-0.3, -0.25) is 19.2 Å². The minimum atomic E-state index is -1.17. The first-order valence-corrected chi connectivity index (χ1v) is 17.8. The normalized spacial score (nSPS) is 25.1. The van der Waals surface area contributed by atoms with Crippen molar-refractivity contribution in [2.75, 3.05) is 6.54 Å². The first-order valence-electron chi connectivity index (χ1n) is 17.8. The highest BCUT2D eigenvalue weighted by Crippen LogP contribution is 2.53. The van der Waals surface area contributed by atoms with Crippen molar-refractivity contribution in [2.24, 2.45) is 17.8 Å². The molecule has 0 aromatic heterocycles. The molecule has 2 aromatic rings. The summed E-state index contributed by atoms with van der Waals surface area (Å²) in [7, 11) is 0. The number of hydrogen-bond acceptors (Lipinski definition) is 5. The Balaban J connectivity index is 1.23. The van der Waals surface area contributed by atoms with Gasteiger partial charge in [0.15, 0.2) is 0 Å². The van der Waals surface area contributed by atoms with Gasteiger partial charge in [0.1, 0.15) is 11.6 Å². The molecule has 0 radical (unpaired) electrons. The standard InChI is InChI=1S/C39H50N4O4/c1-26(29-16-9-4-10-17-29)22-34(44)42-33(23-27-12-5-2-6-13-27)38(47)43-39(24-32(39)31-20-21-40-37(31)46)36(45)35(30-18-11-19-30)41-25-28-14-7-3-8-15-28/h3-4,7-10,14-17,26-27,31-33,41H,2,5-6,11-13,18-25H2,1H3,(H,40,46)(H,42,44)(H,43,47)/t26?,31-,32?,33-,39?/m0/s1. The van der Waals surface area contributed by atoms with Crippen LogP contribution in [0.1, 0.15) is 101 Å². The highest BCUT2D eigenvalue weighted by Gasteiger charge is 2.66. The second kappa shape index (κ2) is 14.9. The summed E-state index contributed by atoms with van der Waals surface area (Å²) in [5.74, 6) is -0.901. The van der Waals surface area contributed by atoms with Gasteiger partial charge < -0.3 is 21.3 Å². The summed E-state index contributed by atoms with van der Waals surface area (Å²) >= 11 is 0. The van der Waals surface area contributed by atoms with E-state index < -0.39 is 11.6 Å². The van der Waals surface area contributed by atoms with Gasteiger partial charge in [-0.1, -0.05) is 99.7 Å². The molecule has 0 bridgehead atoms. The highest BCUT2D eigenvalue weighted by molar-refractivity contribution is 6.08. The zero-order chi connectivity index (χ0) is 32.8. The smallest absolute Gasteiger partial charge is 0.243 e. The molecule has 6 rings (SSSR count). The van der Waals surface area contributed by atoms with Crippen LogP contribution in [0.3, 0.4) is 0 Å². The van der Waals surface area contributed by atoms with Crippen molar-refractivity contribution in [3.63, 3.8) is 0 Å². The number of carbonyl (C=O) groups excluding carboxylic acids is 4. The maximum Gasteiger partial charge on any atom is 0.243 e. The molecule has 47 heavy (non-hydrogen) atoms. The van der Waals surface area contributed by atoms with E-state index in [0.29, 0.717) is 44.0 Å². The lowest BCUT2D eigenvalue weighted by molar-refractivity contribution is -0.132. The van der Waals surface area contributed by atoms with E-state index in [9.17, 15) is 19.2 Å². The van der Waals surface area contributed by atoms with E-state index in [2.05, 4.69) is 21.3 Å². The van der Waals surface area contributed by atoms with E-state index in [0.717, 1.165) is 61.6 Å². The Kier molecular flexibility index (Phi) is 10.4. The van der Waals surface area contributed by atoms with Gasteiger partial charge in [-0.05, 0) is 67.1 Å². The lowest BCUT2D eigenvalue weighted by Gasteiger charge is -2.30. The summed E-state index contributed by atoms with van der Waals surface area (Å²) in [4.78, 5) is 55.4. The largest absolute Gasteiger partial charge is 0.378 e. The molecule has 5 atom stereocenters. The van der Waals surface area contributed by atoms with Gasteiger partial charge in [0, 0.05) is 31.3 Å². The number of ketones is 1. The lowest BCUT2D eigenvalue weighted by Crippen LogP contribution is -2.56. The van der Waals surface area contributed by atoms with E-state index in [-0.39, 0.29) is 47.7 Å². The summed E-state index contributed by atoms with van der Waals surface area (Å²) in [6, 6.07) is 19.2. The fraction of sp³-hybridized carbons (Fsp3) is 0.538. The summed E-state index contributed by atoms with van der Waals surface area (Å²) in [6.45, 7) is 3.11. The summed E-state index contributed by atoms with van der Waals surface area (Å²) in [5.41, 5.74) is 2.65. The van der Waals surface area contributed by atoms with E-state index in [1.807, 2.05) is 67.6 Å². The predicted octanol–water partition coefficient (Wildman–Crippen LogP) is 5.44. The molecule has 3 unspecified atom stereocenters. The topological polar surface area (TPSA) is 116 Å². The van der Waals surface area contributed by atoms with Crippen molar-refractivity contribution in [1.82, 2.24) is 21.3 Å². The number of rotatable bonds is 14. The lowest BCUT2D eigenvalue weighted by atomic mass is 9.84. The average molecular weight is 639 g/mol. The number of benzene rings is 2. The Morgan fingerprint density at radius 1 is 0.915 bits per heavy atom. The van der Waals surface area contributed by atoms with Gasteiger partial charge in [-0.15, -0.1) is 0 Å². The van der Waals surface area contributed by atoms with Crippen LogP contribution in [0.2, 0.25) is 0 Å². The van der Waals surface area contributed by atoms with Crippen molar-refractivity contribution in [2.45, 2.75) is 108 Å². The van der Waals surface area contributed by atoms with Crippen LogP contribution >= 0.6 is 0 Å². The van der Waals surface area contributed by atoms with Crippen LogP contribution in [-0.2, 0) is 25.7 Å². The van der Waals surface area contributed by atoms with Crippen LogP contribution < -0.4 is 21.3 Å². The second-order valence-electron chi connectivity index (χ2n) is 14.3. The molecular weight excluding hydrogens is 588 g/mol.